The van der Waals surface area contributed by atoms with E-state index in [1.54, 1.807) is 46.9 Å². The molecule has 0 spiro atoms. The van der Waals surface area contributed by atoms with Crippen LogP contribution >= 0.6 is 22.7 Å². The average molecular weight is 465 g/mol. The fourth-order valence-electron chi connectivity index (χ4n) is 3.34. The lowest BCUT2D eigenvalue weighted by molar-refractivity contribution is -0.136. The number of tetrazole rings is 1. The predicted octanol–water partition coefficient (Wildman–Crippen LogP) is 3.32. The summed E-state index contributed by atoms with van der Waals surface area (Å²) in [5, 5.41) is 20.9. The summed E-state index contributed by atoms with van der Waals surface area (Å²) in [6.45, 7) is -0.392. The van der Waals surface area contributed by atoms with Crippen LogP contribution in [0.1, 0.15) is 32.6 Å². The molecule has 4 heterocycles. The van der Waals surface area contributed by atoms with E-state index in [2.05, 4.69) is 20.6 Å². The molecule has 1 amide bonds. The van der Waals surface area contributed by atoms with Gasteiger partial charge in [-0.2, -0.15) is 5.10 Å². The zero-order valence-electron chi connectivity index (χ0n) is 16.6. The van der Waals surface area contributed by atoms with Crippen molar-refractivity contribution < 1.29 is 14.3 Å². The highest BCUT2D eigenvalue weighted by Gasteiger charge is 2.34. The van der Waals surface area contributed by atoms with Gasteiger partial charge in [-0.1, -0.05) is 12.1 Å². The predicted molar refractivity (Wildman–Crippen MR) is 119 cm³/mol. The lowest BCUT2D eigenvalue weighted by Gasteiger charge is -2.20. The number of nitrogens with zero attached hydrogens (tertiary/aromatic N) is 6. The maximum Gasteiger partial charge on any atom is 0.338 e. The second-order valence-corrected chi connectivity index (χ2v) is 8.80. The van der Waals surface area contributed by atoms with E-state index < -0.39 is 12.6 Å². The van der Waals surface area contributed by atoms with Crippen LogP contribution in [0.3, 0.4) is 0 Å². The average Bonchev–Trinajstić information content (AvgIpc) is 3.63. The molecule has 0 bridgehead atoms. The normalized spacial score (nSPS) is 15.6. The van der Waals surface area contributed by atoms with Gasteiger partial charge in [0.2, 0.25) is 0 Å². The van der Waals surface area contributed by atoms with Gasteiger partial charge >= 0.3 is 5.97 Å². The fourth-order valence-corrected chi connectivity index (χ4v) is 4.87. The monoisotopic (exact) mass is 464 g/mol. The fraction of sp³-hybridized carbons (Fsp3) is 0.143. The molecule has 5 rings (SSSR count). The summed E-state index contributed by atoms with van der Waals surface area (Å²) in [5.41, 5.74) is 1.89. The summed E-state index contributed by atoms with van der Waals surface area (Å²) in [5.74, 6) is -0.954. The van der Waals surface area contributed by atoms with Gasteiger partial charge in [-0.3, -0.25) is 4.79 Å². The van der Waals surface area contributed by atoms with Crippen LogP contribution in [-0.4, -0.2) is 49.4 Å². The third-order valence-electron chi connectivity index (χ3n) is 4.89. The molecule has 0 aliphatic carbocycles. The van der Waals surface area contributed by atoms with Gasteiger partial charge in [0.1, 0.15) is 6.33 Å². The van der Waals surface area contributed by atoms with Crippen molar-refractivity contribution in [1.82, 2.24) is 25.2 Å². The Morgan fingerprint density at radius 2 is 1.88 bits per heavy atom. The topological polar surface area (TPSA) is 103 Å². The molecule has 0 fully saturated rings. The highest BCUT2D eigenvalue weighted by Crippen LogP contribution is 2.35. The van der Waals surface area contributed by atoms with E-state index in [0.29, 0.717) is 17.7 Å². The number of hydrogen-bond acceptors (Lipinski definition) is 9. The van der Waals surface area contributed by atoms with Crippen LogP contribution in [0.5, 0.6) is 0 Å². The van der Waals surface area contributed by atoms with Crippen LogP contribution in [0.4, 0.5) is 0 Å². The number of amides is 1. The highest BCUT2D eigenvalue weighted by molar-refractivity contribution is 7.12. The Morgan fingerprint density at radius 3 is 2.56 bits per heavy atom. The third kappa shape index (κ3) is 4.07. The lowest BCUT2D eigenvalue weighted by atomic mass is 10.1. The maximum absolute atomic E-state index is 12.9. The van der Waals surface area contributed by atoms with E-state index in [0.717, 1.165) is 15.5 Å². The quantitative estimate of drug-likeness (QED) is 0.406. The van der Waals surface area contributed by atoms with Crippen molar-refractivity contribution in [2.75, 3.05) is 6.61 Å². The Kier molecular flexibility index (Phi) is 5.57. The first-order chi connectivity index (χ1) is 15.7. The van der Waals surface area contributed by atoms with Crippen molar-refractivity contribution in [3.05, 3.63) is 80.9 Å². The molecule has 32 heavy (non-hydrogen) atoms. The van der Waals surface area contributed by atoms with Gasteiger partial charge in [0.15, 0.2) is 6.61 Å². The number of aromatic nitrogens is 4. The van der Waals surface area contributed by atoms with Crippen molar-refractivity contribution >= 4 is 40.3 Å². The first kappa shape index (κ1) is 20.2. The van der Waals surface area contributed by atoms with Gasteiger partial charge in [0, 0.05) is 11.3 Å². The standard InChI is InChI=1S/C21H16N6O3S2/c28-20(12-30-21(29)14-5-7-15(8-6-14)26-13-22-24-25-26)27-17(19-4-2-10-32-19)11-16(23-27)18-3-1-9-31-18/h1-10,13,17H,11-12H2. The number of benzene rings is 1. The molecular weight excluding hydrogens is 448 g/mol. The smallest absolute Gasteiger partial charge is 0.338 e. The van der Waals surface area contributed by atoms with Crippen LogP contribution in [0.15, 0.2) is 70.7 Å². The Balaban J connectivity index is 1.27. The van der Waals surface area contributed by atoms with Gasteiger partial charge in [-0.25, -0.2) is 14.5 Å². The summed E-state index contributed by atoms with van der Waals surface area (Å²) in [4.78, 5) is 27.5. The van der Waals surface area contributed by atoms with Crippen molar-refractivity contribution in [2.45, 2.75) is 12.5 Å². The molecule has 1 aliphatic rings. The lowest BCUT2D eigenvalue weighted by Crippen LogP contribution is -2.31. The van der Waals surface area contributed by atoms with Crippen LogP contribution in [-0.2, 0) is 9.53 Å². The molecule has 9 nitrogen and oxygen atoms in total. The molecular formula is C21H16N6O3S2. The number of thiophene rings is 2. The van der Waals surface area contributed by atoms with Gasteiger partial charge in [-0.05, 0) is 57.6 Å². The Morgan fingerprint density at radius 1 is 1.06 bits per heavy atom. The SMILES string of the molecule is O=C(OCC(=O)N1N=C(c2cccs2)CC1c1cccs1)c1ccc(-n2cnnn2)cc1. The van der Waals surface area contributed by atoms with Crippen molar-refractivity contribution in [1.29, 1.82) is 0 Å². The molecule has 1 atom stereocenters. The molecule has 0 radical (unpaired) electrons. The van der Waals surface area contributed by atoms with E-state index in [-0.39, 0.29) is 11.9 Å². The molecule has 11 heteroatoms. The van der Waals surface area contributed by atoms with E-state index >= 15 is 0 Å². The van der Waals surface area contributed by atoms with Crippen molar-refractivity contribution in [2.24, 2.45) is 5.10 Å². The van der Waals surface area contributed by atoms with Crippen molar-refractivity contribution in [3.8, 4) is 5.69 Å². The number of esters is 1. The van der Waals surface area contributed by atoms with Gasteiger partial charge in [-0.15, -0.1) is 27.8 Å². The van der Waals surface area contributed by atoms with Gasteiger partial charge in [0.05, 0.1) is 27.9 Å². The van der Waals surface area contributed by atoms with E-state index in [4.69, 9.17) is 4.74 Å². The molecule has 3 aromatic heterocycles. The summed E-state index contributed by atoms with van der Waals surface area (Å²) in [7, 11) is 0. The molecule has 0 saturated heterocycles. The second-order valence-electron chi connectivity index (χ2n) is 6.88. The minimum Gasteiger partial charge on any atom is -0.452 e. The molecule has 160 valence electrons. The van der Waals surface area contributed by atoms with Crippen molar-refractivity contribution in [3.63, 3.8) is 0 Å². The number of hydrazone groups is 1. The molecule has 1 aromatic carbocycles. The Hall–Kier alpha value is -3.70. The maximum atomic E-state index is 12.9. The molecule has 0 N–H and O–H groups in total. The summed E-state index contributed by atoms with van der Waals surface area (Å²) >= 11 is 3.16. The highest BCUT2D eigenvalue weighted by atomic mass is 32.1. The zero-order valence-corrected chi connectivity index (χ0v) is 18.2. The molecule has 0 saturated carbocycles. The first-order valence-electron chi connectivity index (χ1n) is 9.66. The number of rotatable bonds is 6. The minimum atomic E-state index is -0.587. The molecule has 1 unspecified atom stereocenters. The Bertz CT molecular complexity index is 1240. The second kappa shape index (κ2) is 8.81. The van der Waals surface area contributed by atoms with E-state index in [9.17, 15) is 9.59 Å². The first-order valence-corrected chi connectivity index (χ1v) is 11.4. The number of carbonyl (C=O) groups excluding carboxylic acids is 2. The zero-order chi connectivity index (χ0) is 21.9. The molecule has 1 aliphatic heterocycles. The van der Waals surface area contributed by atoms with Crippen LogP contribution in [0.2, 0.25) is 0 Å². The summed E-state index contributed by atoms with van der Waals surface area (Å²) in [6.07, 6.45) is 2.08. The van der Waals surface area contributed by atoms with Crippen LogP contribution in [0, 0.1) is 0 Å². The summed E-state index contributed by atoms with van der Waals surface area (Å²) < 4.78 is 6.76. The van der Waals surface area contributed by atoms with E-state index in [1.807, 2.05) is 35.0 Å². The largest absolute Gasteiger partial charge is 0.452 e. The van der Waals surface area contributed by atoms with Crippen LogP contribution in [0.25, 0.3) is 5.69 Å². The minimum absolute atomic E-state index is 0.200. The van der Waals surface area contributed by atoms with Crippen LogP contribution < -0.4 is 0 Å². The third-order valence-corrected chi connectivity index (χ3v) is 6.78. The number of ether oxygens (including phenoxy) is 1. The van der Waals surface area contributed by atoms with Gasteiger partial charge < -0.3 is 4.74 Å². The molecule has 4 aromatic rings. The number of hydrogen-bond donors (Lipinski definition) is 0. The summed E-state index contributed by atoms with van der Waals surface area (Å²) in [6, 6.07) is 14.3. The van der Waals surface area contributed by atoms with E-state index in [1.165, 1.54) is 16.0 Å². The van der Waals surface area contributed by atoms with Gasteiger partial charge in [0.25, 0.3) is 5.91 Å². The Labute approximate surface area is 190 Å². The number of carbonyl (C=O) groups is 2.